The van der Waals surface area contributed by atoms with E-state index in [0.717, 1.165) is 17.8 Å². The van der Waals surface area contributed by atoms with Crippen molar-refractivity contribution < 1.29 is 4.79 Å². The van der Waals surface area contributed by atoms with Gasteiger partial charge in [-0.3, -0.25) is 9.78 Å². The quantitative estimate of drug-likeness (QED) is 0.847. The molecule has 1 amide bonds. The molecule has 0 bridgehead atoms. The molecule has 0 saturated carbocycles. The van der Waals surface area contributed by atoms with E-state index in [2.05, 4.69) is 25.6 Å². The Balaban J connectivity index is 2.06. The molecule has 0 spiro atoms. The molecule has 2 N–H and O–H groups in total. The van der Waals surface area contributed by atoms with E-state index >= 15 is 0 Å². The maximum Gasteiger partial charge on any atom is 0.270 e. The summed E-state index contributed by atoms with van der Waals surface area (Å²) in [6.07, 6.45) is 2.62. The monoisotopic (exact) mass is 285 g/mol. The Morgan fingerprint density at radius 3 is 2.86 bits per heavy atom. The van der Waals surface area contributed by atoms with Gasteiger partial charge in [-0.2, -0.15) is 0 Å². The standard InChI is InChI=1S/C15H19N5O/c1-3-7-17-14(21)13-9-11(2)19-15(20-13)18-10-12-6-4-5-8-16-12/h4-6,8-9H,3,7,10H2,1-2H3,(H,17,21)(H,18,19,20). The van der Waals surface area contributed by atoms with Crippen molar-refractivity contribution in [3.8, 4) is 0 Å². The number of carbonyl (C=O) groups excluding carboxylic acids is 1. The number of nitrogens with one attached hydrogen (secondary N) is 2. The summed E-state index contributed by atoms with van der Waals surface area (Å²) in [6, 6.07) is 7.38. The van der Waals surface area contributed by atoms with Crippen LogP contribution in [0.3, 0.4) is 0 Å². The van der Waals surface area contributed by atoms with E-state index in [4.69, 9.17) is 0 Å². The van der Waals surface area contributed by atoms with Gasteiger partial charge in [0.15, 0.2) is 0 Å². The van der Waals surface area contributed by atoms with E-state index < -0.39 is 0 Å². The van der Waals surface area contributed by atoms with Gasteiger partial charge in [0, 0.05) is 18.4 Å². The Kier molecular flexibility index (Phi) is 5.20. The highest BCUT2D eigenvalue weighted by molar-refractivity contribution is 5.92. The first-order chi connectivity index (χ1) is 10.2. The zero-order chi connectivity index (χ0) is 15.1. The summed E-state index contributed by atoms with van der Waals surface area (Å²) in [6.45, 7) is 4.99. The Labute approximate surface area is 124 Å². The predicted molar refractivity (Wildman–Crippen MR) is 81.0 cm³/mol. The van der Waals surface area contributed by atoms with E-state index in [1.807, 2.05) is 32.0 Å². The fraction of sp³-hybridized carbons (Fsp3) is 0.333. The molecule has 0 aromatic carbocycles. The van der Waals surface area contributed by atoms with Gasteiger partial charge >= 0.3 is 0 Å². The highest BCUT2D eigenvalue weighted by atomic mass is 16.1. The minimum atomic E-state index is -0.178. The number of pyridine rings is 1. The Morgan fingerprint density at radius 1 is 1.29 bits per heavy atom. The first-order valence-corrected chi connectivity index (χ1v) is 6.96. The van der Waals surface area contributed by atoms with Gasteiger partial charge in [0.2, 0.25) is 5.95 Å². The molecule has 2 aromatic rings. The maximum absolute atomic E-state index is 11.9. The Morgan fingerprint density at radius 2 is 2.14 bits per heavy atom. The molecule has 21 heavy (non-hydrogen) atoms. The van der Waals surface area contributed by atoms with Gasteiger partial charge in [-0.25, -0.2) is 9.97 Å². The van der Waals surface area contributed by atoms with Crippen molar-refractivity contribution in [3.63, 3.8) is 0 Å². The molecule has 0 aliphatic carbocycles. The minimum absolute atomic E-state index is 0.178. The molecule has 2 rings (SSSR count). The van der Waals surface area contributed by atoms with Crippen LogP contribution in [0.5, 0.6) is 0 Å². The summed E-state index contributed by atoms with van der Waals surface area (Å²) in [4.78, 5) is 24.7. The van der Waals surface area contributed by atoms with Crippen LogP contribution in [0.4, 0.5) is 5.95 Å². The van der Waals surface area contributed by atoms with Crippen molar-refractivity contribution in [3.05, 3.63) is 47.5 Å². The van der Waals surface area contributed by atoms with Gasteiger partial charge in [0.1, 0.15) is 5.69 Å². The van der Waals surface area contributed by atoms with Crippen LogP contribution in [0, 0.1) is 6.92 Å². The summed E-state index contributed by atoms with van der Waals surface area (Å²) in [7, 11) is 0. The smallest absolute Gasteiger partial charge is 0.270 e. The van der Waals surface area contributed by atoms with E-state index in [-0.39, 0.29) is 5.91 Å². The number of aromatic nitrogens is 3. The average Bonchev–Trinajstić information content (AvgIpc) is 2.51. The molecule has 110 valence electrons. The SMILES string of the molecule is CCCNC(=O)c1cc(C)nc(NCc2ccccn2)n1. The van der Waals surface area contributed by atoms with Crippen molar-refractivity contribution in [1.29, 1.82) is 0 Å². The maximum atomic E-state index is 11.9. The van der Waals surface area contributed by atoms with Crippen molar-refractivity contribution in [2.24, 2.45) is 0 Å². The van der Waals surface area contributed by atoms with Crippen LogP contribution in [0.1, 0.15) is 35.2 Å². The van der Waals surface area contributed by atoms with Crippen LogP contribution < -0.4 is 10.6 Å². The van der Waals surface area contributed by atoms with Crippen LogP contribution in [0.25, 0.3) is 0 Å². The fourth-order valence-corrected chi connectivity index (χ4v) is 1.77. The first-order valence-electron chi connectivity index (χ1n) is 6.96. The molecule has 6 heteroatoms. The average molecular weight is 285 g/mol. The lowest BCUT2D eigenvalue weighted by Gasteiger charge is -2.08. The number of rotatable bonds is 6. The van der Waals surface area contributed by atoms with Gasteiger partial charge in [0.25, 0.3) is 5.91 Å². The summed E-state index contributed by atoms with van der Waals surface area (Å²) >= 11 is 0. The summed E-state index contributed by atoms with van der Waals surface area (Å²) in [5.41, 5.74) is 2.01. The Hall–Kier alpha value is -2.50. The van der Waals surface area contributed by atoms with Gasteiger partial charge in [-0.1, -0.05) is 13.0 Å². The lowest BCUT2D eigenvalue weighted by molar-refractivity contribution is 0.0948. The van der Waals surface area contributed by atoms with Crippen molar-refractivity contribution in [2.45, 2.75) is 26.8 Å². The second-order valence-corrected chi connectivity index (χ2v) is 4.65. The molecule has 0 radical (unpaired) electrons. The molecule has 2 heterocycles. The number of anilines is 1. The number of carbonyl (C=O) groups is 1. The fourth-order valence-electron chi connectivity index (χ4n) is 1.77. The predicted octanol–water partition coefficient (Wildman–Crippen LogP) is 1.93. The molecular formula is C15H19N5O. The third-order valence-electron chi connectivity index (χ3n) is 2.78. The largest absolute Gasteiger partial charge is 0.351 e. The van der Waals surface area contributed by atoms with Crippen LogP contribution in [-0.4, -0.2) is 27.4 Å². The van der Waals surface area contributed by atoms with Crippen LogP contribution in [0.2, 0.25) is 0 Å². The highest BCUT2D eigenvalue weighted by Gasteiger charge is 2.09. The van der Waals surface area contributed by atoms with Gasteiger partial charge in [0.05, 0.1) is 12.2 Å². The molecule has 2 aromatic heterocycles. The Bertz CT molecular complexity index is 600. The van der Waals surface area contributed by atoms with Crippen molar-refractivity contribution in [1.82, 2.24) is 20.3 Å². The number of amides is 1. The van der Waals surface area contributed by atoms with E-state index in [1.54, 1.807) is 12.3 Å². The molecule has 0 fully saturated rings. The zero-order valence-corrected chi connectivity index (χ0v) is 12.3. The molecule has 0 aliphatic rings. The summed E-state index contributed by atoms with van der Waals surface area (Å²) in [5.74, 6) is 0.255. The second-order valence-electron chi connectivity index (χ2n) is 4.65. The lowest BCUT2D eigenvalue weighted by Crippen LogP contribution is -2.25. The highest BCUT2D eigenvalue weighted by Crippen LogP contribution is 2.06. The third kappa shape index (κ3) is 4.52. The third-order valence-corrected chi connectivity index (χ3v) is 2.78. The van der Waals surface area contributed by atoms with Gasteiger partial charge < -0.3 is 10.6 Å². The number of nitrogens with zero attached hydrogens (tertiary/aromatic N) is 3. The van der Waals surface area contributed by atoms with E-state index in [1.165, 1.54) is 0 Å². The number of hydrogen-bond acceptors (Lipinski definition) is 5. The van der Waals surface area contributed by atoms with Crippen molar-refractivity contribution in [2.75, 3.05) is 11.9 Å². The zero-order valence-electron chi connectivity index (χ0n) is 12.3. The van der Waals surface area contributed by atoms with Crippen molar-refractivity contribution >= 4 is 11.9 Å². The van der Waals surface area contributed by atoms with Gasteiger partial charge in [-0.05, 0) is 31.5 Å². The normalized spacial score (nSPS) is 10.2. The molecule has 0 saturated heterocycles. The first kappa shape index (κ1) is 14.9. The molecule has 0 atom stereocenters. The topological polar surface area (TPSA) is 79.8 Å². The summed E-state index contributed by atoms with van der Waals surface area (Å²) in [5, 5.41) is 5.90. The van der Waals surface area contributed by atoms with Crippen LogP contribution in [0.15, 0.2) is 30.5 Å². The number of hydrogen-bond donors (Lipinski definition) is 2. The second kappa shape index (κ2) is 7.33. The van der Waals surface area contributed by atoms with E-state index in [0.29, 0.717) is 24.7 Å². The number of aryl methyl sites for hydroxylation is 1. The molecule has 0 unspecified atom stereocenters. The minimum Gasteiger partial charge on any atom is -0.351 e. The van der Waals surface area contributed by atoms with Gasteiger partial charge in [-0.15, -0.1) is 0 Å². The molecule has 6 nitrogen and oxygen atoms in total. The molecular weight excluding hydrogens is 266 g/mol. The van der Waals surface area contributed by atoms with Crippen LogP contribution >= 0.6 is 0 Å². The molecule has 0 aliphatic heterocycles. The lowest BCUT2D eigenvalue weighted by atomic mass is 10.3. The summed E-state index contributed by atoms with van der Waals surface area (Å²) < 4.78 is 0. The van der Waals surface area contributed by atoms with E-state index in [9.17, 15) is 4.79 Å². The van der Waals surface area contributed by atoms with Crippen LogP contribution in [-0.2, 0) is 6.54 Å².